The number of fused-ring (bicyclic) bond motifs is 1. The van der Waals surface area contributed by atoms with E-state index in [1.807, 2.05) is 25.3 Å². The van der Waals surface area contributed by atoms with Crippen LogP contribution in [0, 0.1) is 0 Å². The number of nitrogens with two attached hydrogens (primary N) is 1. The van der Waals surface area contributed by atoms with Gasteiger partial charge in [0.1, 0.15) is 0 Å². The Kier molecular flexibility index (Phi) is 3.03. The summed E-state index contributed by atoms with van der Waals surface area (Å²) < 4.78 is 1.08. The first-order valence-corrected chi connectivity index (χ1v) is 5.74. The fourth-order valence-electron chi connectivity index (χ4n) is 1.63. The van der Waals surface area contributed by atoms with E-state index in [2.05, 4.69) is 33.0 Å². The smallest absolute Gasteiger partial charge is 0.0702 e. The number of hydrogen-bond donors (Lipinski definition) is 1. The van der Waals surface area contributed by atoms with Gasteiger partial charge in [-0.15, -0.1) is 0 Å². The Labute approximate surface area is 97.6 Å². The normalized spacial score (nSPS) is 13.0. The number of benzene rings is 1. The van der Waals surface area contributed by atoms with E-state index in [0.717, 1.165) is 21.8 Å². The third-order valence-electron chi connectivity index (χ3n) is 2.26. The van der Waals surface area contributed by atoms with Gasteiger partial charge in [0.15, 0.2) is 0 Å². The van der Waals surface area contributed by atoms with Crippen LogP contribution in [-0.2, 0) is 6.42 Å². The van der Waals surface area contributed by atoms with Gasteiger partial charge in [-0.2, -0.15) is 0 Å². The Morgan fingerprint density at radius 1 is 1.40 bits per heavy atom. The van der Waals surface area contributed by atoms with Gasteiger partial charge in [0.2, 0.25) is 0 Å². The Bertz CT molecular complexity index is 480. The number of pyridine rings is 1. The maximum Gasteiger partial charge on any atom is 0.0702 e. The van der Waals surface area contributed by atoms with Crippen molar-refractivity contribution in [3.63, 3.8) is 0 Å². The molecular formula is C12H13BrN2. The molecule has 0 aliphatic heterocycles. The first kappa shape index (κ1) is 10.6. The molecule has 78 valence electrons. The van der Waals surface area contributed by atoms with Gasteiger partial charge in [0, 0.05) is 22.1 Å². The van der Waals surface area contributed by atoms with Gasteiger partial charge in [-0.25, -0.2) is 0 Å². The van der Waals surface area contributed by atoms with Gasteiger partial charge in [-0.05, 0) is 43.2 Å². The molecule has 1 aromatic heterocycles. The van der Waals surface area contributed by atoms with Gasteiger partial charge in [-0.1, -0.05) is 15.9 Å². The van der Waals surface area contributed by atoms with E-state index in [0.29, 0.717) is 0 Å². The van der Waals surface area contributed by atoms with Crippen molar-refractivity contribution in [2.24, 2.45) is 5.73 Å². The summed E-state index contributed by atoms with van der Waals surface area (Å²) in [5, 5.41) is 1.16. The lowest BCUT2D eigenvalue weighted by Gasteiger charge is -2.06. The van der Waals surface area contributed by atoms with E-state index in [9.17, 15) is 0 Å². The molecule has 0 saturated heterocycles. The average molecular weight is 265 g/mol. The third kappa shape index (κ3) is 2.55. The number of halogens is 1. The van der Waals surface area contributed by atoms with Crippen molar-refractivity contribution in [1.29, 1.82) is 0 Å². The summed E-state index contributed by atoms with van der Waals surface area (Å²) in [6.07, 6.45) is 2.77. The molecule has 15 heavy (non-hydrogen) atoms. The summed E-state index contributed by atoms with van der Waals surface area (Å²) in [4.78, 5) is 4.40. The largest absolute Gasteiger partial charge is 0.328 e. The van der Waals surface area contributed by atoms with Crippen molar-refractivity contribution in [3.05, 3.63) is 40.5 Å². The molecule has 1 heterocycles. The minimum Gasteiger partial charge on any atom is -0.328 e. The topological polar surface area (TPSA) is 38.9 Å². The van der Waals surface area contributed by atoms with Gasteiger partial charge >= 0.3 is 0 Å². The summed E-state index contributed by atoms with van der Waals surface area (Å²) >= 11 is 3.46. The molecule has 0 amide bonds. The lowest BCUT2D eigenvalue weighted by molar-refractivity contribution is 0.737. The van der Waals surface area contributed by atoms with Crippen LogP contribution >= 0.6 is 15.9 Å². The summed E-state index contributed by atoms with van der Waals surface area (Å²) in [5.74, 6) is 0. The maximum atomic E-state index is 5.76. The van der Waals surface area contributed by atoms with Crippen LogP contribution in [0.1, 0.15) is 12.5 Å². The van der Waals surface area contributed by atoms with Crippen molar-refractivity contribution in [1.82, 2.24) is 4.98 Å². The summed E-state index contributed by atoms with van der Waals surface area (Å²) in [6, 6.07) is 8.41. The predicted molar refractivity (Wildman–Crippen MR) is 66.8 cm³/mol. The minimum atomic E-state index is 0.177. The molecule has 0 fully saturated rings. The summed E-state index contributed by atoms with van der Waals surface area (Å²) in [5.41, 5.74) is 7.97. The second kappa shape index (κ2) is 4.29. The molecule has 3 heteroatoms. The van der Waals surface area contributed by atoms with Crippen LogP contribution in [0.25, 0.3) is 10.9 Å². The van der Waals surface area contributed by atoms with Crippen LogP contribution in [0.5, 0.6) is 0 Å². The summed E-state index contributed by atoms with van der Waals surface area (Å²) in [7, 11) is 0. The monoisotopic (exact) mass is 264 g/mol. The van der Waals surface area contributed by atoms with E-state index < -0.39 is 0 Å². The number of aromatic nitrogens is 1. The standard InChI is InChI=1S/C12H13BrN2/c1-8(14)4-9-5-10-6-11(13)2-3-12(10)15-7-9/h2-3,5-8H,4,14H2,1H3. The highest BCUT2D eigenvalue weighted by atomic mass is 79.9. The molecule has 2 rings (SSSR count). The quantitative estimate of drug-likeness (QED) is 0.906. The van der Waals surface area contributed by atoms with Crippen molar-refractivity contribution in [2.45, 2.75) is 19.4 Å². The maximum absolute atomic E-state index is 5.76. The van der Waals surface area contributed by atoms with Crippen LogP contribution in [0.15, 0.2) is 34.9 Å². The zero-order chi connectivity index (χ0) is 10.8. The van der Waals surface area contributed by atoms with Crippen LogP contribution < -0.4 is 5.73 Å². The van der Waals surface area contributed by atoms with Crippen LogP contribution in [0.4, 0.5) is 0 Å². The zero-order valence-electron chi connectivity index (χ0n) is 8.57. The summed E-state index contributed by atoms with van der Waals surface area (Å²) in [6.45, 7) is 2.01. The third-order valence-corrected chi connectivity index (χ3v) is 2.75. The molecule has 1 atom stereocenters. The number of nitrogens with zero attached hydrogens (tertiary/aromatic N) is 1. The van der Waals surface area contributed by atoms with Crippen molar-refractivity contribution in [3.8, 4) is 0 Å². The molecule has 0 saturated carbocycles. The Morgan fingerprint density at radius 2 is 2.20 bits per heavy atom. The van der Waals surface area contributed by atoms with Crippen molar-refractivity contribution >= 4 is 26.8 Å². The molecule has 2 aromatic rings. The molecule has 0 aliphatic rings. The SMILES string of the molecule is CC(N)Cc1cnc2ccc(Br)cc2c1. The fraction of sp³-hybridized carbons (Fsp3) is 0.250. The highest BCUT2D eigenvalue weighted by Gasteiger charge is 2.01. The van der Waals surface area contributed by atoms with Crippen molar-refractivity contribution < 1.29 is 0 Å². The first-order chi connectivity index (χ1) is 7.15. The van der Waals surface area contributed by atoms with E-state index >= 15 is 0 Å². The number of hydrogen-bond acceptors (Lipinski definition) is 2. The molecule has 0 radical (unpaired) electrons. The Balaban J connectivity index is 2.45. The lowest BCUT2D eigenvalue weighted by Crippen LogP contribution is -2.17. The van der Waals surface area contributed by atoms with Gasteiger partial charge in [0.25, 0.3) is 0 Å². The molecule has 0 aliphatic carbocycles. The highest BCUT2D eigenvalue weighted by molar-refractivity contribution is 9.10. The molecule has 1 aromatic carbocycles. The van der Waals surface area contributed by atoms with Crippen molar-refractivity contribution in [2.75, 3.05) is 0 Å². The minimum absolute atomic E-state index is 0.177. The second-order valence-electron chi connectivity index (χ2n) is 3.86. The van der Waals surface area contributed by atoms with Crippen LogP contribution in [-0.4, -0.2) is 11.0 Å². The molecule has 0 bridgehead atoms. The van der Waals surface area contributed by atoms with E-state index in [1.165, 1.54) is 5.56 Å². The van der Waals surface area contributed by atoms with E-state index in [-0.39, 0.29) is 6.04 Å². The van der Waals surface area contributed by atoms with Crippen LogP contribution in [0.2, 0.25) is 0 Å². The molecule has 2 nitrogen and oxygen atoms in total. The predicted octanol–water partition coefficient (Wildman–Crippen LogP) is 2.89. The van der Waals surface area contributed by atoms with Gasteiger partial charge in [0.05, 0.1) is 5.52 Å². The first-order valence-electron chi connectivity index (χ1n) is 4.95. The molecular weight excluding hydrogens is 252 g/mol. The Hall–Kier alpha value is -0.930. The molecule has 1 unspecified atom stereocenters. The molecule has 0 spiro atoms. The molecule has 2 N–H and O–H groups in total. The lowest BCUT2D eigenvalue weighted by atomic mass is 10.1. The van der Waals surface area contributed by atoms with Gasteiger partial charge < -0.3 is 5.73 Å². The van der Waals surface area contributed by atoms with Crippen LogP contribution in [0.3, 0.4) is 0 Å². The Morgan fingerprint density at radius 3 is 2.93 bits per heavy atom. The second-order valence-corrected chi connectivity index (χ2v) is 4.78. The number of rotatable bonds is 2. The zero-order valence-corrected chi connectivity index (χ0v) is 10.2. The van der Waals surface area contributed by atoms with E-state index in [1.54, 1.807) is 0 Å². The van der Waals surface area contributed by atoms with Gasteiger partial charge in [-0.3, -0.25) is 4.98 Å². The van der Waals surface area contributed by atoms with E-state index in [4.69, 9.17) is 5.73 Å². The average Bonchev–Trinajstić information content (AvgIpc) is 2.16. The highest BCUT2D eigenvalue weighted by Crippen LogP contribution is 2.19. The fourth-order valence-corrected chi connectivity index (χ4v) is 2.01.